The van der Waals surface area contributed by atoms with Crippen molar-refractivity contribution >= 4 is 17.2 Å². The molecule has 1 amide bonds. The molecule has 1 unspecified atom stereocenters. The van der Waals surface area contributed by atoms with Crippen LogP contribution in [0.4, 0.5) is 0 Å². The Balaban J connectivity index is 1.41. The van der Waals surface area contributed by atoms with Gasteiger partial charge in [-0.15, -0.1) is 11.3 Å². The van der Waals surface area contributed by atoms with Crippen LogP contribution in [0, 0.1) is 5.92 Å². The van der Waals surface area contributed by atoms with Crippen LogP contribution < -0.4 is 0 Å². The first-order valence-corrected chi connectivity index (χ1v) is 9.41. The number of hydrogen-bond donors (Lipinski definition) is 0. The fourth-order valence-corrected chi connectivity index (χ4v) is 4.31. The van der Waals surface area contributed by atoms with Crippen molar-refractivity contribution in [1.29, 1.82) is 0 Å². The SMILES string of the molecule is CN(CCc1ncon1)C(=O)C1CCc2sc(-c3ccncc3)nc2C1. The van der Waals surface area contributed by atoms with E-state index in [4.69, 9.17) is 9.51 Å². The normalized spacial score (nSPS) is 16.3. The second kappa shape index (κ2) is 7.33. The van der Waals surface area contributed by atoms with Gasteiger partial charge in [0.05, 0.1) is 5.69 Å². The van der Waals surface area contributed by atoms with E-state index in [1.165, 1.54) is 11.3 Å². The van der Waals surface area contributed by atoms with Gasteiger partial charge >= 0.3 is 0 Å². The lowest BCUT2D eigenvalue weighted by atomic mass is 9.90. The number of amides is 1. The molecule has 8 heteroatoms. The van der Waals surface area contributed by atoms with Gasteiger partial charge in [0.25, 0.3) is 0 Å². The van der Waals surface area contributed by atoms with Crippen LogP contribution in [-0.4, -0.2) is 44.5 Å². The number of carbonyl (C=O) groups excluding carboxylic acids is 1. The third-order valence-electron chi connectivity index (χ3n) is 4.67. The first kappa shape index (κ1) is 16.8. The van der Waals surface area contributed by atoms with E-state index in [9.17, 15) is 4.79 Å². The molecule has 0 aliphatic heterocycles. The molecule has 1 aliphatic rings. The first-order valence-electron chi connectivity index (χ1n) is 8.60. The second-order valence-corrected chi connectivity index (χ2v) is 7.51. The standard InChI is InChI=1S/C18H19N5O2S/c1-23(9-6-16-20-11-25-22-16)18(24)13-2-3-15-14(10-13)21-17(26-15)12-4-7-19-8-5-12/h4-5,7-8,11,13H,2-3,6,9-10H2,1H3. The highest BCUT2D eigenvalue weighted by molar-refractivity contribution is 7.15. The summed E-state index contributed by atoms with van der Waals surface area (Å²) in [6, 6.07) is 3.94. The van der Waals surface area contributed by atoms with Crippen LogP contribution in [0.25, 0.3) is 10.6 Å². The molecule has 0 N–H and O–H groups in total. The third kappa shape index (κ3) is 3.50. The van der Waals surface area contributed by atoms with Gasteiger partial charge in [-0.25, -0.2) is 4.98 Å². The predicted molar refractivity (Wildman–Crippen MR) is 96.5 cm³/mol. The zero-order valence-electron chi connectivity index (χ0n) is 14.5. The quantitative estimate of drug-likeness (QED) is 0.686. The second-order valence-electron chi connectivity index (χ2n) is 6.42. The average Bonchev–Trinajstić information content (AvgIpc) is 3.35. The average molecular weight is 369 g/mol. The summed E-state index contributed by atoms with van der Waals surface area (Å²) >= 11 is 1.73. The van der Waals surface area contributed by atoms with Gasteiger partial charge in [-0.2, -0.15) is 4.98 Å². The molecular formula is C18H19N5O2S. The summed E-state index contributed by atoms with van der Waals surface area (Å²) < 4.78 is 4.73. The Morgan fingerprint density at radius 1 is 1.38 bits per heavy atom. The molecule has 0 spiro atoms. The Morgan fingerprint density at radius 3 is 3.00 bits per heavy atom. The van der Waals surface area contributed by atoms with E-state index in [1.807, 2.05) is 19.2 Å². The van der Waals surface area contributed by atoms with Gasteiger partial charge in [-0.05, 0) is 25.0 Å². The molecule has 3 aromatic heterocycles. The summed E-state index contributed by atoms with van der Waals surface area (Å²) in [5, 5.41) is 4.79. The van der Waals surface area contributed by atoms with Crippen molar-refractivity contribution in [2.45, 2.75) is 25.7 Å². The van der Waals surface area contributed by atoms with Crippen LogP contribution in [0.3, 0.4) is 0 Å². The van der Waals surface area contributed by atoms with Gasteiger partial charge in [0.1, 0.15) is 5.01 Å². The molecular weight excluding hydrogens is 350 g/mol. The molecule has 3 aromatic rings. The smallest absolute Gasteiger partial charge is 0.225 e. The lowest BCUT2D eigenvalue weighted by Crippen LogP contribution is -2.37. The predicted octanol–water partition coefficient (Wildman–Crippen LogP) is 2.39. The number of hydrogen-bond acceptors (Lipinski definition) is 7. The maximum Gasteiger partial charge on any atom is 0.225 e. The van der Waals surface area contributed by atoms with Crippen molar-refractivity contribution in [3.05, 3.63) is 47.3 Å². The lowest BCUT2D eigenvalue weighted by molar-refractivity contribution is -0.134. The van der Waals surface area contributed by atoms with E-state index in [2.05, 4.69) is 15.1 Å². The Morgan fingerprint density at radius 2 is 2.23 bits per heavy atom. The molecule has 0 bridgehead atoms. The van der Waals surface area contributed by atoms with Crippen molar-refractivity contribution < 1.29 is 9.32 Å². The largest absolute Gasteiger partial charge is 0.345 e. The topological polar surface area (TPSA) is 85.0 Å². The number of thiazole rings is 1. The van der Waals surface area contributed by atoms with Gasteiger partial charge in [0, 0.05) is 55.2 Å². The summed E-state index contributed by atoms with van der Waals surface area (Å²) in [6.45, 7) is 0.584. The maximum absolute atomic E-state index is 12.8. The van der Waals surface area contributed by atoms with Crippen molar-refractivity contribution in [2.75, 3.05) is 13.6 Å². The molecule has 134 valence electrons. The summed E-state index contributed by atoms with van der Waals surface area (Å²) in [7, 11) is 1.83. The lowest BCUT2D eigenvalue weighted by Gasteiger charge is -2.25. The van der Waals surface area contributed by atoms with Crippen LogP contribution in [0.15, 0.2) is 35.4 Å². The molecule has 3 heterocycles. The highest BCUT2D eigenvalue weighted by Gasteiger charge is 2.29. The van der Waals surface area contributed by atoms with E-state index in [1.54, 1.807) is 28.6 Å². The minimum absolute atomic E-state index is 0.00911. The molecule has 0 radical (unpaired) electrons. The van der Waals surface area contributed by atoms with Crippen molar-refractivity contribution in [1.82, 2.24) is 25.0 Å². The van der Waals surface area contributed by atoms with Crippen LogP contribution >= 0.6 is 11.3 Å². The van der Waals surface area contributed by atoms with Crippen LogP contribution in [-0.2, 0) is 24.1 Å². The fourth-order valence-electron chi connectivity index (χ4n) is 3.20. The van der Waals surface area contributed by atoms with E-state index >= 15 is 0 Å². The number of rotatable bonds is 5. The number of carbonyl (C=O) groups is 1. The highest BCUT2D eigenvalue weighted by Crippen LogP contribution is 2.34. The van der Waals surface area contributed by atoms with E-state index < -0.39 is 0 Å². The van der Waals surface area contributed by atoms with E-state index in [0.29, 0.717) is 25.2 Å². The molecule has 1 aliphatic carbocycles. The molecule has 0 saturated carbocycles. The third-order valence-corrected chi connectivity index (χ3v) is 5.87. The molecule has 26 heavy (non-hydrogen) atoms. The van der Waals surface area contributed by atoms with Gasteiger partial charge in [0.15, 0.2) is 5.82 Å². The van der Waals surface area contributed by atoms with Crippen molar-refractivity contribution in [3.63, 3.8) is 0 Å². The Hall–Kier alpha value is -2.61. The summed E-state index contributed by atoms with van der Waals surface area (Å²) in [4.78, 5) is 28.7. The van der Waals surface area contributed by atoms with Gasteiger partial charge < -0.3 is 9.42 Å². The Labute approximate surface area is 155 Å². The minimum atomic E-state index is -0.00911. The van der Waals surface area contributed by atoms with Crippen LogP contribution in [0.2, 0.25) is 0 Å². The Bertz CT molecular complexity index is 878. The van der Waals surface area contributed by atoms with Gasteiger partial charge in [0.2, 0.25) is 12.3 Å². The van der Waals surface area contributed by atoms with Crippen LogP contribution in [0.1, 0.15) is 22.8 Å². The fraction of sp³-hybridized carbons (Fsp3) is 0.389. The summed E-state index contributed by atoms with van der Waals surface area (Å²) in [5.41, 5.74) is 2.15. The number of likely N-dealkylation sites (N-methyl/N-ethyl adjacent to an activating group) is 1. The Kier molecular flexibility index (Phi) is 4.75. The zero-order valence-corrected chi connectivity index (χ0v) is 15.3. The van der Waals surface area contributed by atoms with Crippen molar-refractivity contribution in [3.8, 4) is 10.6 Å². The number of fused-ring (bicyclic) bond motifs is 1. The van der Waals surface area contributed by atoms with Crippen molar-refractivity contribution in [2.24, 2.45) is 5.92 Å². The summed E-state index contributed by atoms with van der Waals surface area (Å²) in [6.07, 6.45) is 7.95. The maximum atomic E-state index is 12.8. The molecule has 0 fully saturated rings. The molecule has 4 rings (SSSR count). The monoisotopic (exact) mass is 369 g/mol. The molecule has 1 atom stereocenters. The molecule has 0 saturated heterocycles. The van der Waals surface area contributed by atoms with Crippen LogP contribution in [0.5, 0.6) is 0 Å². The van der Waals surface area contributed by atoms with E-state index in [-0.39, 0.29) is 11.8 Å². The number of nitrogens with zero attached hydrogens (tertiary/aromatic N) is 5. The number of aryl methyl sites for hydroxylation is 1. The number of pyridine rings is 1. The molecule has 7 nitrogen and oxygen atoms in total. The van der Waals surface area contributed by atoms with E-state index in [0.717, 1.165) is 29.1 Å². The minimum Gasteiger partial charge on any atom is -0.345 e. The van der Waals surface area contributed by atoms with Gasteiger partial charge in [-0.3, -0.25) is 9.78 Å². The zero-order chi connectivity index (χ0) is 17.9. The highest BCUT2D eigenvalue weighted by atomic mass is 32.1. The summed E-state index contributed by atoms with van der Waals surface area (Å²) in [5.74, 6) is 0.778. The molecule has 0 aromatic carbocycles. The van der Waals surface area contributed by atoms with Gasteiger partial charge in [-0.1, -0.05) is 5.16 Å². The number of aromatic nitrogens is 4. The first-order chi connectivity index (χ1) is 12.7.